The lowest BCUT2D eigenvalue weighted by atomic mass is 9.82. The van der Waals surface area contributed by atoms with Gasteiger partial charge in [-0.15, -0.1) is 11.8 Å². The fourth-order valence-corrected chi connectivity index (χ4v) is 11.9. The van der Waals surface area contributed by atoms with Crippen LogP contribution < -0.4 is 16.0 Å². The first kappa shape index (κ1) is 41.1. The summed E-state index contributed by atoms with van der Waals surface area (Å²) in [7, 11) is -3.74. The van der Waals surface area contributed by atoms with E-state index in [1.807, 2.05) is 37.3 Å². The zero-order valence-electron chi connectivity index (χ0n) is 33.5. The number of sulfonamides is 1. The summed E-state index contributed by atoms with van der Waals surface area (Å²) >= 11 is 1.78. The van der Waals surface area contributed by atoms with E-state index in [-0.39, 0.29) is 48.8 Å². The summed E-state index contributed by atoms with van der Waals surface area (Å²) in [5.41, 5.74) is 7.60. The SMILES string of the molecule is Cc1ccc(S(=O)(=O)N2CC[C@@H]3[C@H](CO)Nc4ccc(-c5cccc(NCCCCCCCCSc6cccc7c6CN(C6CCC(=O)NC6=O)C7=O)c5)cc4[C@@H]32)cc1. The monoisotopic (exact) mass is 835 g/mol. The quantitative estimate of drug-likeness (QED) is 0.0512. The number of hydrogen-bond acceptors (Lipinski definition) is 9. The molecular formula is C46H53N5O6S2. The molecule has 11 nitrogen and oxygen atoms in total. The maximum absolute atomic E-state index is 14.0. The smallest absolute Gasteiger partial charge is 0.255 e. The molecular weight excluding hydrogens is 783 g/mol. The van der Waals surface area contributed by atoms with Gasteiger partial charge in [0, 0.05) is 53.8 Å². The van der Waals surface area contributed by atoms with Crippen LogP contribution in [0.3, 0.4) is 0 Å². The number of imide groups is 1. The molecule has 1 unspecified atom stereocenters. The number of fused-ring (bicyclic) bond motifs is 4. The second kappa shape index (κ2) is 17.9. The minimum Gasteiger partial charge on any atom is -0.394 e. The number of carbonyl (C=O) groups is 3. The number of aliphatic hydroxyl groups is 1. The Morgan fingerprint density at radius 2 is 1.63 bits per heavy atom. The minimum atomic E-state index is -3.74. The molecule has 0 radical (unpaired) electrons. The van der Waals surface area contributed by atoms with E-state index >= 15 is 0 Å². The number of thioether (sulfide) groups is 1. The zero-order chi connectivity index (χ0) is 41.1. The molecule has 59 heavy (non-hydrogen) atoms. The molecule has 3 amide bonds. The number of carbonyl (C=O) groups excluding carboxylic acids is 3. The molecule has 4 heterocycles. The van der Waals surface area contributed by atoms with Gasteiger partial charge in [-0.3, -0.25) is 19.7 Å². The van der Waals surface area contributed by atoms with E-state index in [1.165, 1.54) is 12.8 Å². The maximum atomic E-state index is 14.0. The number of nitrogens with one attached hydrogen (secondary N) is 3. The van der Waals surface area contributed by atoms with Gasteiger partial charge >= 0.3 is 0 Å². The fraction of sp³-hybridized carbons (Fsp3) is 0.413. The Kier molecular flexibility index (Phi) is 12.4. The lowest BCUT2D eigenvalue weighted by Gasteiger charge is -2.39. The highest BCUT2D eigenvalue weighted by Crippen LogP contribution is 2.49. The third-order valence-corrected chi connectivity index (χ3v) is 15.4. The fourth-order valence-electron chi connectivity index (χ4n) is 9.17. The summed E-state index contributed by atoms with van der Waals surface area (Å²) in [6, 6.07) is 26.3. The minimum absolute atomic E-state index is 0.0419. The average molecular weight is 836 g/mol. The van der Waals surface area contributed by atoms with Gasteiger partial charge in [0.1, 0.15) is 6.04 Å². The third kappa shape index (κ3) is 8.66. The van der Waals surface area contributed by atoms with Crippen molar-refractivity contribution in [3.05, 3.63) is 107 Å². The number of aryl methyl sites for hydroxylation is 1. The van der Waals surface area contributed by atoms with Crippen molar-refractivity contribution in [3.63, 3.8) is 0 Å². The molecule has 13 heteroatoms. The number of amides is 3. The lowest BCUT2D eigenvalue weighted by Crippen LogP contribution is -2.52. The molecule has 310 valence electrons. The van der Waals surface area contributed by atoms with Crippen molar-refractivity contribution in [1.82, 2.24) is 14.5 Å². The molecule has 4 atom stereocenters. The summed E-state index contributed by atoms with van der Waals surface area (Å²) in [4.78, 5) is 40.2. The van der Waals surface area contributed by atoms with Crippen LogP contribution in [0.2, 0.25) is 0 Å². The Labute approximate surface area is 351 Å². The molecule has 0 saturated carbocycles. The summed E-state index contributed by atoms with van der Waals surface area (Å²) in [5, 5.41) is 19.8. The highest BCUT2D eigenvalue weighted by atomic mass is 32.2. The van der Waals surface area contributed by atoms with E-state index in [0.717, 1.165) is 82.1 Å². The molecule has 0 bridgehead atoms. The van der Waals surface area contributed by atoms with Crippen LogP contribution in [0.1, 0.15) is 90.9 Å². The number of benzene rings is 4. The topological polar surface area (TPSA) is 148 Å². The number of anilines is 2. The first-order valence-corrected chi connectivity index (χ1v) is 23.4. The summed E-state index contributed by atoms with van der Waals surface area (Å²) in [5.74, 6) is 0.135. The Hall–Kier alpha value is -4.69. The van der Waals surface area contributed by atoms with Gasteiger partial charge in [0.15, 0.2) is 0 Å². The summed E-state index contributed by atoms with van der Waals surface area (Å²) < 4.78 is 29.6. The van der Waals surface area contributed by atoms with Crippen LogP contribution in [-0.2, 0) is 26.2 Å². The lowest BCUT2D eigenvalue weighted by molar-refractivity contribution is -0.136. The number of piperidine rings is 1. The molecule has 0 aromatic heterocycles. The van der Waals surface area contributed by atoms with Gasteiger partial charge in [0.05, 0.1) is 23.6 Å². The number of nitrogens with zero attached hydrogens (tertiary/aromatic N) is 2. The van der Waals surface area contributed by atoms with Crippen molar-refractivity contribution in [2.24, 2.45) is 5.92 Å². The highest BCUT2D eigenvalue weighted by Gasteiger charge is 2.48. The van der Waals surface area contributed by atoms with Crippen molar-refractivity contribution in [2.75, 3.05) is 36.1 Å². The van der Waals surface area contributed by atoms with E-state index in [2.05, 4.69) is 58.4 Å². The van der Waals surface area contributed by atoms with Crippen molar-refractivity contribution >= 4 is 50.9 Å². The van der Waals surface area contributed by atoms with E-state index in [0.29, 0.717) is 36.4 Å². The molecule has 0 aliphatic carbocycles. The molecule has 4 aromatic rings. The van der Waals surface area contributed by atoms with Crippen LogP contribution in [0, 0.1) is 12.8 Å². The van der Waals surface area contributed by atoms with Crippen LogP contribution in [0.4, 0.5) is 11.4 Å². The van der Waals surface area contributed by atoms with Gasteiger partial charge in [-0.2, -0.15) is 4.31 Å². The van der Waals surface area contributed by atoms with Crippen molar-refractivity contribution in [3.8, 4) is 11.1 Å². The first-order valence-electron chi connectivity index (χ1n) is 21.0. The maximum Gasteiger partial charge on any atom is 0.255 e. The van der Waals surface area contributed by atoms with Crippen LogP contribution in [0.5, 0.6) is 0 Å². The number of aliphatic hydroxyl groups excluding tert-OH is 1. The summed E-state index contributed by atoms with van der Waals surface area (Å²) in [6.45, 7) is 3.57. The molecule has 4 aliphatic rings. The van der Waals surface area contributed by atoms with E-state index in [9.17, 15) is 27.9 Å². The Bertz CT molecular complexity index is 2320. The van der Waals surface area contributed by atoms with Gasteiger partial charge < -0.3 is 20.6 Å². The average Bonchev–Trinajstić information content (AvgIpc) is 3.84. The van der Waals surface area contributed by atoms with Gasteiger partial charge in [-0.25, -0.2) is 8.42 Å². The Morgan fingerprint density at radius 3 is 2.42 bits per heavy atom. The van der Waals surface area contributed by atoms with E-state index in [4.69, 9.17) is 0 Å². The van der Waals surface area contributed by atoms with Gasteiger partial charge in [0.25, 0.3) is 5.91 Å². The van der Waals surface area contributed by atoms with Crippen molar-refractivity contribution < 1.29 is 27.9 Å². The van der Waals surface area contributed by atoms with E-state index < -0.39 is 16.1 Å². The highest BCUT2D eigenvalue weighted by molar-refractivity contribution is 7.99. The Balaban J connectivity index is 0.797. The van der Waals surface area contributed by atoms with Crippen LogP contribution in [0.25, 0.3) is 11.1 Å². The molecule has 4 N–H and O–H groups in total. The Morgan fingerprint density at radius 1 is 0.864 bits per heavy atom. The second-order valence-corrected chi connectivity index (χ2v) is 19.2. The standard InChI is InChI=1S/C46H53N5O6S2/c1-30-14-17-34(18-15-30)59(56,57)51-24-22-36-40(29-52)48-39-19-16-32(27-37(39)44(36)51)31-10-8-11-33(26-31)47-23-6-4-2-3-5-7-25-58-42-13-9-12-35-38(42)28-50(46(35)55)41-20-21-43(53)49-45(41)54/h8-19,26-27,36,40-41,44,47-48,52H,2-7,20-25,28-29H2,1H3,(H,49,53,54)/t36-,40+,41?,44-/m1/s1. The number of unbranched alkanes of at least 4 members (excludes halogenated alkanes) is 5. The van der Waals surface area contributed by atoms with Crippen LogP contribution in [0.15, 0.2) is 94.7 Å². The van der Waals surface area contributed by atoms with Crippen molar-refractivity contribution in [2.45, 2.75) is 99.2 Å². The van der Waals surface area contributed by atoms with Gasteiger partial charge in [-0.1, -0.05) is 67.6 Å². The molecule has 2 fully saturated rings. The van der Waals surface area contributed by atoms with E-state index in [1.54, 1.807) is 33.1 Å². The molecule has 0 spiro atoms. The van der Waals surface area contributed by atoms with Gasteiger partial charge in [0.2, 0.25) is 21.8 Å². The summed E-state index contributed by atoms with van der Waals surface area (Å²) in [6.07, 6.45) is 8.07. The predicted molar refractivity (Wildman–Crippen MR) is 232 cm³/mol. The first-order chi connectivity index (χ1) is 28.6. The third-order valence-electron chi connectivity index (χ3n) is 12.3. The van der Waals surface area contributed by atoms with Crippen LogP contribution in [-0.4, -0.2) is 78.0 Å². The second-order valence-electron chi connectivity index (χ2n) is 16.2. The van der Waals surface area contributed by atoms with Crippen molar-refractivity contribution in [1.29, 1.82) is 0 Å². The predicted octanol–water partition coefficient (Wildman–Crippen LogP) is 7.51. The molecule has 4 aliphatic heterocycles. The van der Waals surface area contributed by atoms with Gasteiger partial charge in [-0.05, 0) is 109 Å². The molecule has 2 saturated heterocycles. The zero-order valence-corrected chi connectivity index (χ0v) is 35.1. The number of rotatable bonds is 16. The largest absolute Gasteiger partial charge is 0.394 e. The number of hydrogen-bond donors (Lipinski definition) is 4. The normalized spacial score (nSPS) is 21.5. The van der Waals surface area contributed by atoms with Crippen LogP contribution >= 0.6 is 11.8 Å². The molecule has 8 rings (SSSR count). The molecule has 4 aromatic carbocycles.